The van der Waals surface area contributed by atoms with Crippen molar-refractivity contribution in [2.24, 2.45) is 0 Å². The fraction of sp³-hybridized carbons (Fsp3) is 0.294. The zero-order valence-corrected chi connectivity index (χ0v) is 13.0. The molecule has 0 fully saturated rings. The molecule has 0 heterocycles. The maximum absolute atomic E-state index is 10.1. The number of ether oxygens (including phenoxy) is 1. The Morgan fingerprint density at radius 2 is 1.95 bits per heavy atom. The van der Waals surface area contributed by atoms with Gasteiger partial charge >= 0.3 is 0 Å². The summed E-state index contributed by atoms with van der Waals surface area (Å²) in [7, 11) is 0. The van der Waals surface area contributed by atoms with E-state index in [9.17, 15) is 5.11 Å². The van der Waals surface area contributed by atoms with E-state index in [2.05, 4.69) is 0 Å². The van der Waals surface area contributed by atoms with Crippen LogP contribution in [0.25, 0.3) is 0 Å². The van der Waals surface area contributed by atoms with Gasteiger partial charge in [0.05, 0.1) is 16.1 Å². The summed E-state index contributed by atoms with van der Waals surface area (Å²) >= 11 is 11.9. The van der Waals surface area contributed by atoms with Crippen molar-refractivity contribution in [1.82, 2.24) is 0 Å². The molecule has 0 bridgehead atoms. The van der Waals surface area contributed by atoms with Gasteiger partial charge in [0, 0.05) is 0 Å². The first-order valence-electron chi connectivity index (χ1n) is 7.01. The van der Waals surface area contributed by atoms with Crippen LogP contribution >= 0.6 is 23.2 Å². The Bertz CT molecular complexity index is 655. The van der Waals surface area contributed by atoms with E-state index in [0.717, 1.165) is 36.1 Å². The summed E-state index contributed by atoms with van der Waals surface area (Å²) in [6.07, 6.45) is 2.52. The van der Waals surface area contributed by atoms with E-state index in [1.807, 2.05) is 24.3 Å². The molecule has 0 unspecified atom stereocenters. The van der Waals surface area contributed by atoms with Crippen molar-refractivity contribution in [3.63, 3.8) is 0 Å². The van der Waals surface area contributed by atoms with Crippen LogP contribution in [0.4, 0.5) is 0 Å². The number of rotatable bonds is 3. The molecule has 1 atom stereocenters. The molecule has 2 nitrogen and oxygen atoms in total. The Kier molecular flexibility index (Phi) is 4.39. The minimum atomic E-state index is -0.373. The molecular formula is C17H16Cl2O2. The van der Waals surface area contributed by atoms with Crippen molar-refractivity contribution < 1.29 is 9.84 Å². The van der Waals surface area contributed by atoms with E-state index < -0.39 is 0 Å². The number of hydrogen-bond donors (Lipinski definition) is 1. The lowest BCUT2D eigenvalue weighted by molar-refractivity contribution is 0.156. The highest BCUT2D eigenvalue weighted by Crippen LogP contribution is 2.32. The minimum Gasteiger partial charge on any atom is -0.489 e. The third kappa shape index (κ3) is 3.34. The Labute approximate surface area is 134 Å². The molecule has 21 heavy (non-hydrogen) atoms. The number of aliphatic hydroxyl groups is 1. The van der Waals surface area contributed by atoms with Crippen LogP contribution < -0.4 is 4.74 Å². The monoisotopic (exact) mass is 322 g/mol. The first-order valence-corrected chi connectivity index (χ1v) is 7.76. The van der Waals surface area contributed by atoms with Gasteiger partial charge in [-0.2, -0.15) is 0 Å². The van der Waals surface area contributed by atoms with Crippen molar-refractivity contribution in [3.05, 3.63) is 63.1 Å². The summed E-state index contributed by atoms with van der Waals surface area (Å²) in [6, 6.07) is 11.4. The van der Waals surface area contributed by atoms with Crippen LogP contribution in [0.15, 0.2) is 36.4 Å². The molecule has 1 aliphatic carbocycles. The predicted octanol–water partition coefficient (Wildman–Crippen LogP) is 4.94. The van der Waals surface area contributed by atoms with Gasteiger partial charge in [0.1, 0.15) is 12.4 Å². The van der Waals surface area contributed by atoms with E-state index in [1.54, 1.807) is 12.1 Å². The fourth-order valence-electron chi connectivity index (χ4n) is 2.64. The standard InChI is InChI=1S/C17H16Cl2O2/c18-15-7-4-11(8-16(15)19)10-21-13-6-5-12-2-1-3-17(20)14(12)9-13/h4-9,17,20H,1-3,10H2/t17-/m0/s1. The largest absolute Gasteiger partial charge is 0.489 e. The Morgan fingerprint density at radius 1 is 1.10 bits per heavy atom. The van der Waals surface area contributed by atoms with E-state index in [0.29, 0.717) is 16.7 Å². The number of halogens is 2. The average Bonchev–Trinajstić information content (AvgIpc) is 2.49. The van der Waals surface area contributed by atoms with Crippen LogP contribution in [0.3, 0.4) is 0 Å². The second kappa shape index (κ2) is 6.27. The second-order valence-electron chi connectivity index (χ2n) is 5.31. The van der Waals surface area contributed by atoms with Crippen LogP contribution in [0, 0.1) is 0 Å². The minimum absolute atomic E-state index is 0.373. The molecule has 2 aromatic rings. The predicted molar refractivity (Wildman–Crippen MR) is 85.1 cm³/mol. The van der Waals surface area contributed by atoms with Gasteiger partial charge in [-0.3, -0.25) is 0 Å². The molecule has 3 rings (SSSR count). The number of fused-ring (bicyclic) bond motifs is 1. The maximum Gasteiger partial charge on any atom is 0.120 e. The van der Waals surface area contributed by atoms with Crippen LogP contribution in [-0.2, 0) is 13.0 Å². The molecule has 0 amide bonds. The van der Waals surface area contributed by atoms with Gasteiger partial charge in [-0.05, 0) is 60.2 Å². The van der Waals surface area contributed by atoms with Crippen LogP contribution in [-0.4, -0.2) is 5.11 Å². The molecule has 0 aromatic heterocycles. The number of aliphatic hydroxyl groups excluding tert-OH is 1. The van der Waals surface area contributed by atoms with E-state index in [4.69, 9.17) is 27.9 Å². The van der Waals surface area contributed by atoms with Crippen molar-refractivity contribution in [2.75, 3.05) is 0 Å². The molecular weight excluding hydrogens is 307 g/mol. The highest BCUT2D eigenvalue weighted by Gasteiger charge is 2.18. The molecule has 4 heteroatoms. The average molecular weight is 323 g/mol. The van der Waals surface area contributed by atoms with Gasteiger partial charge in [0.15, 0.2) is 0 Å². The maximum atomic E-state index is 10.1. The van der Waals surface area contributed by atoms with Gasteiger partial charge in [-0.25, -0.2) is 0 Å². The van der Waals surface area contributed by atoms with Crippen LogP contribution in [0.2, 0.25) is 10.0 Å². The van der Waals surface area contributed by atoms with Gasteiger partial charge in [0.25, 0.3) is 0 Å². The molecule has 110 valence electrons. The number of benzene rings is 2. The van der Waals surface area contributed by atoms with Crippen LogP contribution in [0.1, 0.15) is 35.6 Å². The molecule has 0 saturated carbocycles. The quantitative estimate of drug-likeness (QED) is 0.867. The zero-order valence-electron chi connectivity index (χ0n) is 11.5. The Hall–Kier alpha value is -1.22. The zero-order chi connectivity index (χ0) is 14.8. The van der Waals surface area contributed by atoms with Crippen LogP contribution in [0.5, 0.6) is 5.75 Å². The van der Waals surface area contributed by atoms with Crippen molar-refractivity contribution >= 4 is 23.2 Å². The first kappa shape index (κ1) is 14.7. The SMILES string of the molecule is O[C@H]1CCCc2ccc(OCc3ccc(Cl)c(Cl)c3)cc21. The molecule has 0 radical (unpaired) electrons. The molecule has 0 saturated heterocycles. The summed E-state index contributed by atoms with van der Waals surface area (Å²) < 4.78 is 5.79. The lowest BCUT2D eigenvalue weighted by Crippen LogP contribution is -2.09. The lowest BCUT2D eigenvalue weighted by atomic mass is 9.89. The third-order valence-electron chi connectivity index (χ3n) is 3.79. The number of hydrogen-bond acceptors (Lipinski definition) is 2. The smallest absolute Gasteiger partial charge is 0.120 e. The van der Waals surface area contributed by atoms with Crippen molar-refractivity contribution in [2.45, 2.75) is 32.0 Å². The van der Waals surface area contributed by atoms with E-state index in [-0.39, 0.29) is 6.10 Å². The van der Waals surface area contributed by atoms with Crippen molar-refractivity contribution in [3.8, 4) is 5.75 Å². The number of aryl methyl sites for hydroxylation is 1. The molecule has 0 aliphatic heterocycles. The van der Waals surface area contributed by atoms with E-state index >= 15 is 0 Å². The summed E-state index contributed by atoms with van der Waals surface area (Å²) in [5.41, 5.74) is 3.17. The third-order valence-corrected chi connectivity index (χ3v) is 4.53. The van der Waals surface area contributed by atoms with Gasteiger partial charge < -0.3 is 9.84 Å². The molecule has 1 N–H and O–H groups in total. The second-order valence-corrected chi connectivity index (χ2v) is 6.12. The van der Waals surface area contributed by atoms with Crippen molar-refractivity contribution in [1.29, 1.82) is 0 Å². The highest BCUT2D eigenvalue weighted by molar-refractivity contribution is 6.42. The normalized spacial score (nSPS) is 17.4. The van der Waals surface area contributed by atoms with Gasteiger partial charge in [0.2, 0.25) is 0 Å². The first-order chi connectivity index (χ1) is 10.1. The Morgan fingerprint density at radius 3 is 2.76 bits per heavy atom. The summed E-state index contributed by atoms with van der Waals surface area (Å²) in [4.78, 5) is 0. The fourth-order valence-corrected chi connectivity index (χ4v) is 2.96. The van der Waals surface area contributed by atoms with E-state index in [1.165, 1.54) is 5.56 Å². The lowest BCUT2D eigenvalue weighted by Gasteiger charge is -2.22. The topological polar surface area (TPSA) is 29.5 Å². The highest BCUT2D eigenvalue weighted by atomic mass is 35.5. The molecule has 2 aromatic carbocycles. The Balaban J connectivity index is 1.73. The summed E-state index contributed by atoms with van der Waals surface area (Å²) in [5, 5.41) is 11.1. The van der Waals surface area contributed by atoms with Gasteiger partial charge in [-0.15, -0.1) is 0 Å². The summed E-state index contributed by atoms with van der Waals surface area (Å²) in [6.45, 7) is 0.422. The summed E-state index contributed by atoms with van der Waals surface area (Å²) in [5.74, 6) is 0.765. The van der Waals surface area contributed by atoms with Gasteiger partial charge in [-0.1, -0.05) is 35.3 Å². The molecule has 1 aliphatic rings. The molecule has 0 spiro atoms.